The molecule has 0 aromatic heterocycles. The Morgan fingerprint density at radius 1 is 1.17 bits per heavy atom. The van der Waals surface area contributed by atoms with Crippen molar-refractivity contribution < 1.29 is 18.3 Å². The zero-order chi connectivity index (χ0) is 12.8. The Balaban J connectivity index is 0.00000162. The molecule has 1 aromatic carbocycles. The number of rotatable bonds is 1. The molecule has 102 valence electrons. The summed E-state index contributed by atoms with van der Waals surface area (Å²) in [5.74, 6) is 0.0760. The molecule has 1 unspecified atom stereocenters. The minimum atomic E-state index is -3.58. The molecule has 0 saturated heterocycles. The van der Waals surface area contributed by atoms with Crippen LogP contribution in [0.15, 0.2) is 18.2 Å². The van der Waals surface area contributed by atoms with Crippen molar-refractivity contribution in [2.45, 2.75) is 33.1 Å². The Labute approximate surface area is 111 Å². The van der Waals surface area contributed by atoms with Gasteiger partial charge in [-0.15, -0.1) is 21.2 Å². The van der Waals surface area contributed by atoms with Gasteiger partial charge >= 0.3 is 6.29 Å². The Hall–Kier alpha value is -1.07. The Kier molecular flexibility index (Phi) is 3.79. The van der Waals surface area contributed by atoms with Crippen LogP contribution in [0.25, 0.3) is 0 Å². The number of fused-ring (bicyclic) bond motifs is 1. The minimum Gasteiger partial charge on any atom is -0.395 e. The molecule has 0 amide bonds. The largest absolute Gasteiger partial charge is 0.586 e. The van der Waals surface area contributed by atoms with Crippen molar-refractivity contribution in [1.29, 1.82) is 0 Å². The second kappa shape index (κ2) is 4.55. The summed E-state index contributed by atoms with van der Waals surface area (Å²) in [6.45, 7) is 5.95. The number of halogens is 3. The molecule has 1 aromatic rings. The first-order valence-corrected chi connectivity index (χ1v) is 5.34. The molecule has 0 aliphatic carbocycles. The van der Waals surface area contributed by atoms with E-state index >= 15 is 0 Å². The summed E-state index contributed by atoms with van der Waals surface area (Å²) in [6, 6.07) is 4.38. The average molecular weight is 280 g/mol. The van der Waals surface area contributed by atoms with E-state index < -0.39 is 6.29 Å². The summed E-state index contributed by atoms with van der Waals surface area (Å²) in [5.41, 5.74) is 6.64. The summed E-state index contributed by atoms with van der Waals surface area (Å²) in [6.07, 6.45) is -3.58. The third-order valence-electron chi connectivity index (χ3n) is 2.72. The molecule has 2 N–H and O–H groups in total. The van der Waals surface area contributed by atoms with Gasteiger partial charge in [-0.2, -0.15) is 0 Å². The summed E-state index contributed by atoms with van der Waals surface area (Å²) in [5, 5.41) is 0. The second-order valence-electron chi connectivity index (χ2n) is 5.22. The molecule has 2 rings (SSSR count). The van der Waals surface area contributed by atoms with E-state index in [0.717, 1.165) is 5.56 Å². The molecule has 1 aliphatic rings. The Morgan fingerprint density at radius 2 is 1.72 bits per heavy atom. The molecule has 0 radical (unpaired) electrons. The van der Waals surface area contributed by atoms with Gasteiger partial charge in [-0.05, 0) is 23.1 Å². The predicted molar refractivity (Wildman–Crippen MR) is 66.3 cm³/mol. The molecule has 0 bridgehead atoms. The molecule has 1 atom stereocenters. The van der Waals surface area contributed by atoms with E-state index in [4.69, 9.17) is 5.73 Å². The maximum absolute atomic E-state index is 12.8. The fourth-order valence-electron chi connectivity index (χ4n) is 1.66. The Bertz CT molecular complexity index is 446. The minimum absolute atomic E-state index is 0. The third kappa shape index (κ3) is 2.84. The number of hydrogen-bond acceptors (Lipinski definition) is 3. The van der Waals surface area contributed by atoms with Gasteiger partial charge in [-0.25, -0.2) is 0 Å². The van der Waals surface area contributed by atoms with Crippen LogP contribution in [0, 0.1) is 5.41 Å². The first kappa shape index (κ1) is 15.0. The summed E-state index contributed by atoms with van der Waals surface area (Å²) in [4.78, 5) is 0. The lowest BCUT2D eigenvalue weighted by Crippen LogP contribution is -2.26. The van der Waals surface area contributed by atoms with Crippen LogP contribution in [-0.4, -0.2) is 6.29 Å². The summed E-state index contributed by atoms with van der Waals surface area (Å²) >= 11 is 0. The van der Waals surface area contributed by atoms with Crippen LogP contribution in [0.1, 0.15) is 32.4 Å². The summed E-state index contributed by atoms with van der Waals surface area (Å²) in [7, 11) is 0. The van der Waals surface area contributed by atoms with Crippen molar-refractivity contribution in [3.05, 3.63) is 23.8 Å². The zero-order valence-electron chi connectivity index (χ0n) is 10.4. The van der Waals surface area contributed by atoms with E-state index in [1.54, 1.807) is 6.07 Å². The maximum atomic E-state index is 12.8. The average Bonchev–Trinajstić information content (AvgIpc) is 2.47. The molecule has 3 nitrogen and oxygen atoms in total. The normalized spacial score (nSPS) is 18.1. The van der Waals surface area contributed by atoms with Crippen LogP contribution >= 0.6 is 12.4 Å². The highest BCUT2D eigenvalue weighted by Crippen LogP contribution is 2.43. The monoisotopic (exact) mass is 279 g/mol. The third-order valence-corrected chi connectivity index (χ3v) is 2.72. The smallest absolute Gasteiger partial charge is 0.395 e. The van der Waals surface area contributed by atoms with Gasteiger partial charge in [0.2, 0.25) is 0 Å². The van der Waals surface area contributed by atoms with E-state index in [2.05, 4.69) is 9.47 Å². The quantitative estimate of drug-likeness (QED) is 0.856. The van der Waals surface area contributed by atoms with Gasteiger partial charge in [0.1, 0.15) is 0 Å². The van der Waals surface area contributed by atoms with Gasteiger partial charge < -0.3 is 15.2 Å². The van der Waals surface area contributed by atoms with Crippen molar-refractivity contribution in [3.8, 4) is 11.5 Å². The van der Waals surface area contributed by atoms with E-state index in [9.17, 15) is 8.78 Å². The first-order chi connectivity index (χ1) is 7.69. The van der Waals surface area contributed by atoms with Gasteiger partial charge in [0.25, 0.3) is 0 Å². The highest BCUT2D eigenvalue weighted by molar-refractivity contribution is 5.85. The van der Waals surface area contributed by atoms with E-state index in [-0.39, 0.29) is 35.4 Å². The molecular weight excluding hydrogens is 264 g/mol. The molecule has 0 fully saturated rings. The molecular formula is C12H16ClF2NO2. The molecule has 18 heavy (non-hydrogen) atoms. The standard InChI is InChI=1S/C12H15F2NO2.ClH/c1-11(2,3)10(15)7-4-5-8-9(6-7)17-12(13,14)16-8;/h4-6,10H,15H2,1-3H3;1H. The first-order valence-electron chi connectivity index (χ1n) is 5.34. The van der Waals surface area contributed by atoms with Gasteiger partial charge in [0, 0.05) is 6.04 Å². The fraction of sp³-hybridized carbons (Fsp3) is 0.500. The number of nitrogens with two attached hydrogens (primary N) is 1. The lowest BCUT2D eigenvalue weighted by molar-refractivity contribution is -0.286. The van der Waals surface area contributed by atoms with Crippen molar-refractivity contribution in [2.75, 3.05) is 0 Å². The van der Waals surface area contributed by atoms with E-state index in [1.165, 1.54) is 12.1 Å². The van der Waals surface area contributed by atoms with Crippen molar-refractivity contribution in [3.63, 3.8) is 0 Å². The topological polar surface area (TPSA) is 44.5 Å². The van der Waals surface area contributed by atoms with Crippen LogP contribution in [-0.2, 0) is 0 Å². The van der Waals surface area contributed by atoms with Gasteiger partial charge in [-0.3, -0.25) is 0 Å². The maximum Gasteiger partial charge on any atom is 0.586 e. The molecule has 6 heteroatoms. The van der Waals surface area contributed by atoms with Crippen LogP contribution in [0.2, 0.25) is 0 Å². The molecule has 1 heterocycles. The van der Waals surface area contributed by atoms with Crippen LogP contribution in [0.4, 0.5) is 8.78 Å². The lowest BCUT2D eigenvalue weighted by Gasteiger charge is -2.27. The van der Waals surface area contributed by atoms with Crippen molar-refractivity contribution >= 4 is 12.4 Å². The number of alkyl halides is 2. The number of hydrogen-bond donors (Lipinski definition) is 1. The van der Waals surface area contributed by atoms with Crippen molar-refractivity contribution in [1.82, 2.24) is 0 Å². The van der Waals surface area contributed by atoms with Crippen molar-refractivity contribution in [2.24, 2.45) is 11.1 Å². The highest BCUT2D eigenvalue weighted by atomic mass is 35.5. The molecule has 0 saturated carbocycles. The van der Waals surface area contributed by atoms with Gasteiger partial charge in [-0.1, -0.05) is 26.8 Å². The SMILES string of the molecule is CC(C)(C)C(N)c1ccc2c(c1)OC(F)(F)O2.Cl. The lowest BCUT2D eigenvalue weighted by atomic mass is 9.83. The Morgan fingerprint density at radius 3 is 2.28 bits per heavy atom. The van der Waals surface area contributed by atoms with Gasteiger partial charge in [0.15, 0.2) is 11.5 Å². The van der Waals surface area contributed by atoms with Gasteiger partial charge in [0.05, 0.1) is 0 Å². The van der Waals surface area contributed by atoms with Crippen LogP contribution < -0.4 is 15.2 Å². The van der Waals surface area contributed by atoms with Crippen LogP contribution in [0.5, 0.6) is 11.5 Å². The number of ether oxygens (including phenoxy) is 2. The fourth-order valence-corrected chi connectivity index (χ4v) is 1.66. The molecule has 1 aliphatic heterocycles. The molecule has 0 spiro atoms. The predicted octanol–water partition coefficient (Wildman–Crippen LogP) is 3.48. The highest BCUT2D eigenvalue weighted by Gasteiger charge is 2.43. The number of benzene rings is 1. The second-order valence-corrected chi connectivity index (χ2v) is 5.22. The van der Waals surface area contributed by atoms with E-state index in [1.807, 2.05) is 20.8 Å². The zero-order valence-corrected chi connectivity index (χ0v) is 11.2. The summed E-state index contributed by atoms with van der Waals surface area (Å²) < 4.78 is 34.4. The van der Waals surface area contributed by atoms with E-state index in [0.29, 0.717) is 0 Å². The van der Waals surface area contributed by atoms with Crippen LogP contribution in [0.3, 0.4) is 0 Å².